The molecule has 0 heterocycles. The summed E-state index contributed by atoms with van der Waals surface area (Å²) in [5, 5.41) is 2.92. The Morgan fingerprint density at radius 1 is 1.25 bits per heavy atom. The Kier molecular flexibility index (Phi) is 7.03. The van der Waals surface area contributed by atoms with E-state index in [1.807, 2.05) is 55.6 Å². The van der Waals surface area contributed by atoms with E-state index in [1.165, 1.54) is 0 Å². The third-order valence-electron chi connectivity index (χ3n) is 3.41. The van der Waals surface area contributed by atoms with Gasteiger partial charge >= 0.3 is 0 Å². The molecule has 2 aromatic carbocycles. The number of quaternary nitrogens is 1. The molecule has 2 aromatic rings. The van der Waals surface area contributed by atoms with Gasteiger partial charge in [-0.2, -0.15) is 0 Å². The van der Waals surface area contributed by atoms with Crippen molar-refractivity contribution in [1.29, 1.82) is 0 Å². The van der Waals surface area contributed by atoms with Crippen molar-refractivity contribution in [3.8, 4) is 5.75 Å². The number of ether oxygens (including phenoxy) is 1. The molecular weight excluding hydrogens is 368 g/mol. The smallest absolute Gasteiger partial charge is 0.279 e. The standard InChI is InChI=1S/C19H21BrN2O2/c1-3-12-24-16-10-8-15(9-11-16)13-22(2)14-19(23)21-18-7-5-4-6-17(18)20/h3-11H,1,12-14H2,2H3,(H,21,23)/p+1. The van der Waals surface area contributed by atoms with Crippen LogP contribution < -0.4 is 15.0 Å². The van der Waals surface area contributed by atoms with Crippen LogP contribution in [0.4, 0.5) is 5.69 Å². The highest BCUT2D eigenvalue weighted by atomic mass is 79.9. The summed E-state index contributed by atoms with van der Waals surface area (Å²) in [4.78, 5) is 13.3. The average molecular weight is 390 g/mol. The summed E-state index contributed by atoms with van der Waals surface area (Å²) >= 11 is 3.43. The van der Waals surface area contributed by atoms with Gasteiger partial charge in [0.05, 0.1) is 12.7 Å². The third kappa shape index (κ3) is 5.83. The third-order valence-corrected chi connectivity index (χ3v) is 4.10. The molecule has 1 unspecified atom stereocenters. The summed E-state index contributed by atoms with van der Waals surface area (Å²) in [7, 11) is 2.00. The number of amides is 1. The van der Waals surface area contributed by atoms with Crippen LogP contribution in [0.3, 0.4) is 0 Å². The van der Waals surface area contributed by atoms with Crippen LogP contribution in [0, 0.1) is 0 Å². The van der Waals surface area contributed by atoms with Gasteiger partial charge in [-0.1, -0.05) is 24.8 Å². The van der Waals surface area contributed by atoms with Crippen LogP contribution in [0.1, 0.15) is 5.56 Å². The summed E-state index contributed by atoms with van der Waals surface area (Å²) in [6.07, 6.45) is 1.72. The van der Waals surface area contributed by atoms with Crippen molar-refractivity contribution >= 4 is 27.5 Å². The minimum Gasteiger partial charge on any atom is -0.490 e. The zero-order valence-corrected chi connectivity index (χ0v) is 15.3. The Balaban J connectivity index is 1.84. The molecule has 1 atom stereocenters. The molecule has 0 aliphatic rings. The van der Waals surface area contributed by atoms with E-state index in [4.69, 9.17) is 4.74 Å². The van der Waals surface area contributed by atoms with Crippen LogP contribution in [0.15, 0.2) is 65.7 Å². The van der Waals surface area contributed by atoms with Crippen molar-refractivity contribution in [2.75, 3.05) is 25.5 Å². The number of likely N-dealkylation sites (N-methyl/N-ethyl adjacent to an activating group) is 1. The van der Waals surface area contributed by atoms with Gasteiger partial charge in [0, 0.05) is 10.0 Å². The summed E-state index contributed by atoms with van der Waals surface area (Å²) < 4.78 is 6.34. The Bertz CT molecular complexity index is 686. The minimum absolute atomic E-state index is 0.00895. The maximum atomic E-state index is 12.2. The predicted molar refractivity (Wildman–Crippen MR) is 100 cm³/mol. The molecule has 2 rings (SSSR count). The molecule has 0 bridgehead atoms. The predicted octanol–water partition coefficient (Wildman–Crippen LogP) is 2.67. The van der Waals surface area contributed by atoms with Gasteiger partial charge in [0.1, 0.15) is 18.9 Å². The van der Waals surface area contributed by atoms with Crippen LogP contribution >= 0.6 is 15.9 Å². The molecule has 24 heavy (non-hydrogen) atoms. The number of para-hydroxylation sites is 1. The molecule has 5 heteroatoms. The van der Waals surface area contributed by atoms with Crippen molar-refractivity contribution in [2.24, 2.45) is 0 Å². The molecule has 0 saturated carbocycles. The van der Waals surface area contributed by atoms with Gasteiger partial charge in [0.25, 0.3) is 5.91 Å². The number of rotatable bonds is 8. The molecule has 4 nitrogen and oxygen atoms in total. The largest absolute Gasteiger partial charge is 0.490 e. The highest BCUT2D eigenvalue weighted by Gasteiger charge is 2.12. The van der Waals surface area contributed by atoms with Crippen LogP contribution in [-0.2, 0) is 11.3 Å². The number of hydrogen-bond donors (Lipinski definition) is 2. The molecule has 126 valence electrons. The number of benzene rings is 2. The van der Waals surface area contributed by atoms with E-state index in [0.29, 0.717) is 13.2 Å². The van der Waals surface area contributed by atoms with E-state index in [2.05, 4.69) is 27.8 Å². The number of carbonyl (C=O) groups excluding carboxylic acids is 1. The lowest BCUT2D eigenvalue weighted by molar-refractivity contribution is -0.885. The molecule has 0 spiro atoms. The summed E-state index contributed by atoms with van der Waals surface area (Å²) in [6, 6.07) is 15.5. The lowest BCUT2D eigenvalue weighted by Gasteiger charge is -2.14. The quantitative estimate of drug-likeness (QED) is 0.681. The lowest BCUT2D eigenvalue weighted by Crippen LogP contribution is -3.08. The first-order chi connectivity index (χ1) is 11.6. The average Bonchev–Trinajstić information content (AvgIpc) is 2.56. The van der Waals surface area contributed by atoms with Gasteiger partial charge in [-0.25, -0.2) is 0 Å². The number of anilines is 1. The Labute approximate surface area is 151 Å². The highest BCUT2D eigenvalue weighted by Crippen LogP contribution is 2.20. The molecule has 0 aromatic heterocycles. The van der Waals surface area contributed by atoms with Crippen molar-refractivity contribution < 1.29 is 14.4 Å². The summed E-state index contributed by atoms with van der Waals surface area (Å²) in [5.74, 6) is 0.813. The fraction of sp³-hybridized carbons (Fsp3) is 0.211. The van der Waals surface area contributed by atoms with Gasteiger partial charge in [-0.05, 0) is 52.3 Å². The second-order valence-electron chi connectivity index (χ2n) is 5.58. The lowest BCUT2D eigenvalue weighted by atomic mass is 10.2. The van der Waals surface area contributed by atoms with E-state index in [0.717, 1.165) is 32.9 Å². The SMILES string of the molecule is C=CCOc1ccc(C[NH+](C)CC(=O)Nc2ccccc2Br)cc1. The molecule has 0 fully saturated rings. The summed E-state index contributed by atoms with van der Waals surface area (Å²) in [6.45, 7) is 5.29. The monoisotopic (exact) mass is 389 g/mol. The zero-order chi connectivity index (χ0) is 17.4. The molecule has 1 amide bonds. The number of halogens is 1. The Morgan fingerprint density at radius 2 is 1.96 bits per heavy atom. The first-order valence-corrected chi connectivity index (χ1v) is 8.56. The minimum atomic E-state index is -0.00895. The second kappa shape index (κ2) is 9.25. The Morgan fingerprint density at radius 3 is 2.62 bits per heavy atom. The van der Waals surface area contributed by atoms with Gasteiger partial charge in [-0.15, -0.1) is 0 Å². The fourth-order valence-electron chi connectivity index (χ4n) is 2.30. The number of nitrogens with one attached hydrogen (secondary N) is 2. The van der Waals surface area contributed by atoms with E-state index in [9.17, 15) is 4.79 Å². The maximum Gasteiger partial charge on any atom is 0.279 e. The molecular formula is C19H22BrN2O2+. The van der Waals surface area contributed by atoms with Crippen molar-refractivity contribution in [3.63, 3.8) is 0 Å². The second-order valence-corrected chi connectivity index (χ2v) is 6.44. The first kappa shape index (κ1) is 18.2. The highest BCUT2D eigenvalue weighted by molar-refractivity contribution is 9.10. The van der Waals surface area contributed by atoms with Crippen LogP contribution in [-0.4, -0.2) is 26.1 Å². The maximum absolute atomic E-state index is 12.2. The number of hydrogen-bond acceptors (Lipinski definition) is 2. The zero-order valence-electron chi connectivity index (χ0n) is 13.7. The molecule has 0 radical (unpaired) electrons. The molecule has 0 aliphatic heterocycles. The van der Waals surface area contributed by atoms with E-state index in [-0.39, 0.29) is 5.91 Å². The van der Waals surface area contributed by atoms with Gasteiger partial charge in [0.2, 0.25) is 0 Å². The van der Waals surface area contributed by atoms with E-state index >= 15 is 0 Å². The molecule has 2 N–H and O–H groups in total. The van der Waals surface area contributed by atoms with Gasteiger partial charge < -0.3 is 15.0 Å². The molecule has 0 saturated heterocycles. The van der Waals surface area contributed by atoms with Crippen molar-refractivity contribution in [1.82, 2.24) is 0 Å². The van der Waals surface area contributed by atoms with Gasteiger partial charge in [-0.3, -0.25) is 4.79 Å². The van der Waals surface area contributed by atoms with Crippen LogP contribution in [0.25, 0.3) is 0 Å². The normalized spacial score (nSPS) is 11.6. The van der Waals surface area contributed by atoms with E-state index in [1.54, 1.807) is 6.08 Å². The summed E-state index contributed by atoms with van der Waals surface area (Å²) in [5.41, 5.74) is 1.95. The Hall–Kier alpha value is -2.11. The van der Waals surface area contributed by atoms with Crippen molar-refractivity contribution in [3.05, 3.63) is 71.2 Å². The fourth-order valence-corrected chi connectivity index (χ4v) is 2.68. The first-order valence-electron chi connectivity index (χ1n) is 7.77. The van der Waals surface area contributed by atoms with E-state index < -0.39 is 0 Å². The molecule has 0 aliphatic carbocycles. The van der Waals surface area contributed by atoms with Crippen LogP contribution in [0.2, 0.25) is 0 Å². The van der Waals surface area contributed by atoms with Crippen molar-refractivity contribution in [2.45, 2.75) is 6.54 Å². The number of carbonyl (C=O) groups is 1. The van der Waals surface area contributed by atoms with Gasteiger partial charge in [0.15, 0.2) is 6.54 Å². The van der Waals surface area contributed by atoms with Crippen LogP contribution in [0.5, 0.6) is 5.75 Å². The topological polar surface area (TPSA) is 42.8 Å².